The molecule has 2 heterocycles. The standard InChI is InChI=1S/C18H22N2O4S2/c1-2-24-15-7-5-14(6-8-15)18(21)19-13-16-9-10-17(25-16)26(22,23)20-11-3-4-12-20/h5-10H,2-4,11-13H2,1H3,(H,19,21). The predicted molar refractivity (Wildman–Crippen MR) is 101 cm³/mol. The Morgan fingerprint density at radius 2 is 1.85 bits per heavy atom. The molecule has 1 amide bonds. The molecular weight excluding hydrogens is 372 g/mol. The van der Waals surface area contributed by atoms with Gasteiger partial charge in [-0.15, -0.1) is 11.3 Å². The Balaban J connectivity index is 1.60. The van der Waals surface area contributed by atoms with Crippen LogP contribution in [0.3, 0.4) is 0 Å². The highest BCUT2D eigenvalue weighted by molar-refractivity contribution is 7.91. The molecule has 1 aliphatic rings. The molecule has 3 rings (SSSR count). The largest absolute Gasteiger partial charge is 0.494 e. The SMILES string of the molecule is CCOc1ccc(C(=O)NCc2ccc(S(=O)(=O)N3CCCC3)s2)cc1. The highest BCUT2D eigenvalue weighted by Gasteiger charge is 2.28. The smallest absolute Gasteiger partial charge is 0.252 e. The van der Waals surface area contributed by atoms with Crippen molar-refractivity contribution in [3.05, 3.63) is 46.8 Å². The summed E-state index contributed by atoms with van der Waals surface area (Å²) >= 11 is 1.21. The first-order valence-corrected chi connectivity index (χ1v) is 10.9. The van der Waals surface area contributed by atoms with Crippen LogP contribution < -0.4 is 10.1 Å². The van der Waals surface area contributed by atoms with Crippen LogP contribution in [0.4, 0.5) is 0 Å². The lowest BCUT2D eigenvalue weighted by atomic mass is 10.2. The van der Waals surface area contributed by atoms with Crippen LogP contribution in [-0.4, -0.2) is 38.3 Å². The highest BCUT2D eigenvalue weighted by atomic mass is 32.2. The maximum Gasteiger partial charge on any atom is 0.252 e. The molecule has 1 saturated heterocycles. The molecule has 1 fully saturated rings. The number of carbonyl (C=O) groups excluding carboxylic acids is 1. The molecule has 0 saturated carbocycles. The number of amides is 1. The maximum atomic E-state index is 12.5. The average molecular weight is 395 g/mol. The van der Waals surface area contributed by atoms with Gasteiger partial charge in [-0.3, -0.25) is 4.79 Å². The number of sulfonamides is 1. The van der Waals surface area contributed by atoms with Crippen molar-refractivity contribution < 1.29 is 17.9 Å². The van der Waals surface area contributed by atoms with Crippen LogP contribution in [0.25, 0.3) is 0 Å². The molecule has 0 unspecified atom stereocenters. The Kier molecular flexibility index (Phi) is 5.95. The number of nitrogens with zero attached hydrogens (tertiary/aromatic N) is 1. The monoisotopic (exact) mass is 394 g/mol. The van der Waals surface area contributed by atoms with Crippen molar-refractivity contribution in [1.29, 1.82) is 0 Å². The third kappa shape index (κ3) is 4.25. The first-order valence-electron chi connectivity index (χ1n) is 8.60. The normalized spacial score (nSPS) is 15.1. The summed E-state index contributed by atoms with van der Waals surface area (Å²) in [7, 11) is -3.39. The van der Waals surface area contributed by atoms with Crippen LogP contribution >= 0.6 is 11.3 Å². The minimum atomic E-state index is -3.39. The molecule has 6 nitrogen and oxygen atoms in total. The van der Waals surface area contributed by atoms with Gasteiger partial charge in [0.1, 0.15) is 9.96 Å². The first kappa shape index (κ1) is 18.9. The molecule has 26 heavy (non-hydrogen) atoms. The van der Waals surface area contributed by atoms with Gasteiger partial charge < -0.3 is 10.1 Å². The zero-order chi connectivity index (χ0) is 18.6. The van der Waals surface area contributed by atoms with Gasteiger partial charge in [-0.25, -0.2) is 8.42 Å². The van der Waals surface area contributed by atoms with E-state index < -0.39 is 10.0 Å². The van der Waals surface area contributed by atoms with Gasteiger partial charge in [0.05, 0.1) is 13.2 Å². The Morgan fingerprint density at radius 3 is 2.50 bits per heavy atom. The second-order valence-corrected chi connectivity index (χ2v) is 9.31. The van der Waals surface area contributed by atoms with E-state index in [1.54, 1.807) is 36.4 Å². The molecule has 0 atom stereocenters. The summed E-state index contributed by atoms with van der Waals surface area (Å²) in [6, 6.07) is 10.3. The summed E-state index contributed by atoms with van der Waals surface area (Å²) in [5, 5.41) is 2.82. The summed E-state index contributed by atoms with van der Waals surface area (Å²) in [5.41, 5.74) is 0.537. The van der Waals surface area contributed by atoms with Crippen molar-refractivity contribution in [3.63, 3.8) is 0 Å². The lowest BCUT2D eigenvalue weighted by molar-refractivity contribution is 0.0951. The number of hydrogen-bond acceptors (Lipinski definition) is 5. The van der Waals surface area contributed by atoms with Gasteiger partial charge in [-0.2, -0.15) is 4.31 Å². The number of carbonyl (C=O) groups is 1. The van der Waals surface area contributed by atoms with E-state index in [4.69, 9.17) is 4.74 Å². The lowest BCUT2D eigenvalue weighted by Crippen LogP contribution is -2.27. The number of benzene rings is 1. The summed E-state index contributed by atoms with van der Waals surface area (Å²) in [6.07, 6.45) is 1.82. The van der Waals surface area contributed by atoms with Crippen LogP contribution in [0.5, 0.6) is 5.75 Å². The lowest BCUT2D eigenvalue weighted by Gasteiger charge is -2.13. The molecule has 1 aromatic carbocycles. The number of rotatable bonds is 7. The van der Waals surface area contributed by atoms with Gasteiger partial charge in [-0.05, 0) is 56.2 Å². The molecule has 1 aliphatic heterocycles. The van der Waals surface area contributed by atoms with Crippen LogP contribution in [0.1, 0.15) is 35.0 Å². The van der Waals surface area contributed by atoms with Crippen LogP contribution in [0, 0.1) is 0 Å². The molecule has 0 radical (unpaired) electrons. The number of ether oxygens (including phenoxy) is 1. The van der Waals surface area contributed by atoms with Crippen LogP contribution in [0.15, 0.2) is 40.6 Å². The molecule has 8 heteroatoms. The second-order valence-electron chi connectivity index (χ2n) is 5.97. The fourth-order valence-electron chi connectivity index (χ4n) is 2.79. The predicted octanol–water partition coefficient (Wildman–Crippen LogP) is 2.86. The summed E-state index contributed by atoms with van der Waals surface area (Å²) in [5.74, 6) is 0.518. The Labute approximate surface area is 157 Å². The van der Waals surface area contributed by atoms with E-state index in [0.29, 0.717) is 36.0 Å². The number of nitrogens with one attached hydrogen (secondary N) is 1. The minimum absolute atomic E-state index is 0.203. The molecule has 140 valence electrons. The van der Waals surface area contributed by atoms with Crippen molar-refractivity contribution in [2.75, 3.05) is 19.7 Å². The first-order chi connectivity index (χ1) is 12.5. The van der Waals surface area contributed by atoms with E-state index in [2.05, 4.69) is 5.32 Å². The number of thiophene rings is 1. The van der Waals surface area contributed by atoms with Gasteiger partial charge in [-0.1, -0.05) is 0 Å². The highest BCUT2D eigenvalue weighted by Crippen LogP contribution is 2.27. The van der Waals surface area contributed by atoms with Crippen molar-refractivity contribution in [1.82, 2.24) is 9.62 Å². The van der Waals surface area contributed by atoms with Gasteiger partial charge in [0.25, 0.3) is 15.9 Å². The van der Waals surface area contributed by atoms with Crippen molar-refractivity contribution in [2.24, 2.45) is 0 Å². The third-order valence-corrected chi connectivity index (χ3v) is 7.60. The van der Waals surface area contributed by atoms with Crippen molar-refractivity contribution in [2.45, 2.75) is 30.5 Å². The number of hydrogen-bond donors (Lipinski definition) is 1. The van der Waals surface area contributed by atoms with E-state index in [0.717, 1.165) is 23.5 Å². The van der Waals surface area contributed by atoms with E-state index in [-0.39, 0.29) is 5.91 Å². The Bertz CT molecular complexity index is 854. The molecule has 0 bridgehead atoms. The van der Waals surface area contributed by atoms with Crippen LogP contribution in [0.2, 0.25) is 0 Å². The van der Waals surface area contributed by atoms with Crippen LogP contribution in [-0.2, 0) is 16.6 Å². The zero-order valence-corrected chi connectivity index (χ0v) is 16.2. The van der Waals surface area contributed by atoms with E-state index in [1.165, 1.54) is 15.6 Å². The van der Waals surface area contributed by atoms with E-state index in [1.807, 2.05) is 6.92 Å². The van der Waals surface area contributed by atoms with E-state index >= 15 is 0 Å². The molecule has 1 N–H and O–H groups in total. The van der Waals surface area contributed by atoms with E-state index in [9.17, 15) is 13.2 Å². The van der Waals surface area contributed by atoms with Gasteiger partial charge in [0, 0.05) is 23.5 Å². The Hall–Kier alpha value is -1.90. The fraction of sp³-hybridized carbons (Fsp3) is 0.389. The quantitative estimate of drug-likeness (QED) is 0.783. The zero-order valence-electron chi connectivity index (χ0n) is 14.6. The average Bonchev–Trinajstić information content (AvgIpc) is 3.33. The fourth-order valence-corrected chi connectivity index (χ4v) is 5.75. The topological polar surface area (TPSA) is 75.7 Å². The summed E-state index contributed by atoms with van der Waals surface area (Å²) < 4.78 is 32.3. The summed E-state index contributed by atoms with van der Waals surface area (Å²) in [4.78, 5) is 13.0. The van der Waals surface area contributed by atoms with Gasteiger partial charge >= 0.3 is 0 Å². The maximum absolute atomic E-state index is 12.5. The van der Waals surface area contributed by atoms with Gasteiger partial charge in [0.15, 0.2) is 0 Å². The minimum Gasteiger partial charge on any atom is -0.494 e. The molecule has 2 aromatic rings. The second kappa shape index (κ2) is 8.20. The molecule has 0 spiro atoms. The molecule has 0 aliphatic carbocycles. The molecule has 1 aromatic heterocycles. The third-order valence-electron chi connectivity index (χ3n) is 4.15. The van der Waals surface area contributed by atoms with Crippen molar-refractivity contribution in [3.8, 4) is 5.75 Å². The Morgan fingerprint density at radius 1 is 1.15 bits per heavy atom. The van der Waals surface area contributed by atoms with Crippen molar-refractivity contribution >= 4 is 27.3 Å². The summed E-state index contributed by atoms with van der Waals surface area (Å²) in [6.45, 7) is 3.95. The molecular formula is C18H22N2O4S2. The van der Waals surface area contributed by atoms with Gasteiger partial charge in [0.2, 0.25) is 0 Å².